The summed E-state index contributed by atoms with van der Waals surface area (Å²) < 4.78 is 1.74. The Balaban J connectivity index is 1.65. The quantitative estimate of drug-likeness (QED) is 0.446. The highest BCUT2D eigenvalue weighted by Crippen LogP contribution is 2.45. The third-order valence-electron chi connectivity index (χ3n) is 6.35. The third-order valence-corrected chi connectivity index (χ3v) is 6.35. The van der Waals surface area contributed by atoms with E-state index in [-0.39, 0.29) is 16.9 Å². The Kier molecular flexibility index (Phi) is 4.88. The highest BCUT2D eigenvalue weighted by atomic mass is 16.6. The van der Waals surface area contributed by atoms with Crippen LogP contribution >= 0.6 is 0 Å². The molecule has 8 heteroatoms. The number of ketones is 1. The predicted molar refractivity (Wildman–Crippen MR) is 125 cm³/mol. The van der Waals surface area contributed by atoms with E-state index in [1.54, 1.807) is 16.8 Å². The number of Topliss-reactive ketones (excluding diaryl/α,β-unsaturated/α-hetero) is 1. The normalized spacial score (nSPS) is 19.0. The maximum absolute atomic E-state index is 13.3. The van der Waals surface area contributed by atoms with Gasteiger partial charge in [0.25, 0.3) is 5.69 Å². The maximum Gasteiger partial charge on any atom is 0.270 e. The van der Waals surface area contributed by atoms with E-state index in [4.69, 9.17) is 5.10 Å². The van der Waals surface area contributed by atoms with Crippen LogP contribution in [-0.4, -0.2) is 25.5 Å². The number of fused-ring (bicyclic) bond motifs is 1. The van der Waals surface area contributed by atoms with Crippen molar-refractivity contribution in [3.8, 4) is 11.4 Å². The number of anilines is 1. The second kappa shape index (κ2) is 7.65. The Bertz CT molecular complexity index is 1300. The van der Waals surface area contributed by atoms with Crippen molar-refractivity contribution in [3.05, 3.63) is 81.0 Å². The molecule has 0 bridgehead atoms. The fourth-order valence-electron chi connectivity index (χ4n) is 4.73. The second-order valence-corrected chi connectivity index (χ2v) is 9.47. The summed E-state index contributed by atoms with van der Waals surface area (Å²) in [6.45, 7) is 6.29. The highest BCUT2D eigenvalue weighted by molar-refractivity contribution is 6.00. The van der Waals surface area contributed by atoms with Gasteiger partial charge in [0.2, 0.25) is 5.95 Å². The molecule has 8 nitrogen and oxygen atoms in total. The van der Waals surface area contributed by atoms with Gasteiger partial charge in [-0.1, -0.05) is 57.2 Å². The average Bonchev–Trinajstić information content (AvgIpc) is 3.21. The number of nitro benzene ring substituents is 1. The number of allylic oxidation sites excluding steroid dienone is 2. The van der Waals surface area contributed by atoms with E-state index in [1.165, 1.54) is 17.7 Å². The number of aromatic nitrogens is 3. The zero-order chi connectivity index (χ0) is 23.3. The van der Waals surface area contributed by atoms with Gasteiger partial charge in [0, 0.05) is 35.4 Å². The number of nitrogens with zero attached hydrogens (tertiary/aromatic N) is 4. The molecule has 2 heterocycles. The lowest BCUT2D eigenvalue weighted by molar-refractivity contribution is -0.384. The van der Waals surface area contributed by atoms with Gasteiger partial charge in [-0.3, -0.25) is 14.9 Å². The van der Waals surface area contributed by atoms with Crippen LogP contribution in [0.4, 0.5) is 11.6 Å². The zero-order valence-corrected chi connectivity index (χ0v) is 18.8. The summed E-state index contributed by atoms with van der Waals surface area (Å²) in [6, 6.07) is 14.1. The topological polar surface area (TPSA) is 103 Å². The van der Waals surface area contributed by atoms with Crippen LogP contribution < -0.4 is 5.32 Å². The number of hydrogen-bond donors (Lipinski definition) is 1. The van der Waals surface area contributed by atoms with Gasteiger partial charge in [-0.2, -0.15) is 4.98 Å². The SMILES string of the molecule is CCc1ccc(C2C3=C(CC(C)(C)CC3=O)Nc3nc(-c4cccc([N+](=O)[O-])c4)nn32)cc1. The van der Waals surface area contributed by atoms with Crippen molar-refractivity contribution in [2.45, 2.75) is 46.1 Å². The third kappa shape index (κ3) is 3.71. The van der Waals surface area contributed by atoms with Crippen LogP contribution in [0, 0.1) is 15.5 Å². The fourth-order valence-corrected chi connectivity index (χ4v) is 4.73. The molecule has 2 aromatic carbocycles. The molecule has 33 heavy (non-hydrogen) atoms. The molecule has 3 aromatic rings. The largest absolute Gasteiger partial charge is 0.328 e. The molecular formula is C25H25N5O3. The summed E-state index contributed by atoms with van der Waals surface area (Å²) in [6.07, 6.45) is 2.13. The predicted octanol–water partition coefficient (Wildman–Crippen LogP) is 5.07. The molecule has 1 aromatic heterocycles. The van der Waals surface area contributed by atoms with Crippen molar-refractivity contribution in [1.82, 2.24) is 14.8 Å². The Morgan fingerprint density at radius 2 is 1.94 bits per heavy atom. The van der Waals surface area contributed by atoms with Gasteiger partial charge in [0.1, 0.15) is 6.04 Å². The van der Waals surface area contributed by atoms with E-state index in [2.05, 4.69) is 43.2 Å². The number of nitro groups is 1. The van der Waals surface area contributed by atoms with E-state index < -0.39 is 11.0 Å². The smallest absolute Gasteiger partial charge is 0.270 e. The molecular weight excluding hydrogens is 418 g/mol. The standard InChI is InChI=1S/C25H25N5O3/c1-4-15-8-10-16(11-9-15)22-21-19(13-25(2,3)14-20(21)31)26-24-27-23(28-29(22)24)17-6-5-7-18(12-17)30(32)33/h5-12,22H,4,13-14H2,1-3H3,(H,26,27,28). The molecule has 0 saturated heterocycles. The lowest BCUT2D eigenvalue weighted by Crippen LogP contribution is -2.36. The number of carbonyl (C=O) groups is 1. The number of hydrogen-bond acceptors (Lipinski definition) is 6. The summed E-state index contributed by atoms with van der Waals surface area (Å²) in [5.74, 6) is 1.02. The Morgan fingerprint density at radius 3 is 2.64 bits per heavy atom. The minimum Gasteiger partial charge on any atom is -0.328 e. The van der Waals surface area contributed by atoms with Gasteiger partial charge in [-0.25, -0.2) is 4.68 Å². The molecule has 168 valence electrons. The van der Waals surface area contributed by atoms with Gasteiger partial charge in [0.05, 0.1) is 4.92 Å². The van der Waals surface area contributed by atoms with E-state index in [9.17, 15) is 14.9 Å². The van der Waals surface area contributed by atoms with Crippen LogP contribution in [0.25, 0.3) is 11.4 Å². The van der Waals surface area contributed by atoms with Crippen molar-refractivity contribution in [3.63, 3.8) is 0 Å². The first-order chi connectivity index (χ1) is 15.8. The summed E-state index contributed by atoms with van der Waals surface area (Å²) in [7, 11) is 0. The van der Waals surface area contributed by atoms with Crippen molar-refractivity contribution in [2.24, 2.45) is 5.41 Å². The average molecular weight is 444 g/mol. The van der Waals surface area contributed by atoms with Crippen LogP contribution in [0.2, 0.25) is 0 Å². The van der Waals surface area contributed by atoms with Crippen LogP contribution in [0.3, 0.4) is 0 Å². The molecule has 1 aliphatic heterocycles. The zero-order valence-electron chi connectivity index (χ0n) is 18.8. The minimum absolute atomic E-state index is 0.0192. The number of nitrogens with one attached hydrogen (secondary N) is 1. The Hall–Kier alpha value is -3.81. The molecule has 5 rings (SSSR count). The van der Waals surface area contributed by atoms with E-state index in [0.717, 1.165) is 29.7 Å². The first-order valence-corrected chi connectivity index (χ1v) is 11.1. The summed E-state index contributed by atoms with van der Waals surface area (Å²) >= 11 is 0. The van der Waals surface area contributed by atoms with Crippen LogP contribution in [0.1, 0.15) is 50.8 Å². The molecule has 0 fully saturated rings. The molecule has 0 spiro atoms. The van der Waals surface area contributed by atoms with E-state index in [0.29, 0.717) is 23.8 Å². The Morgan fingerprint density at radius 1 is 1.18 bits per heavy atom. The van der Waals surface area contributed by atoms with Crippen molar-refractivity contribution in [1.29, 1.82) is 0 Å². The summed E-state index contributed by atoms with van der Waals surface area (Å²) in [5, 5.41) is 19.3. The Labute approximate surface area is 191 Å². The second-order valence-electron chi connectivity index (χ2n) is 9.47. The fraction of sp³-hybridized carbons (Fsp3) is 0.320. The number of non-ortho nitro benzene ring substituents is 1. The number of carbonyl (C=O) groups excluding carboxylic acids is 1. The van der Waals surface area contributed by atoms with E-state index >= 15 is 0 Å². The van der Waals surface area contributed by atoms with Crippen LogP contribution in [0.15, 0.2) is 59.8 Å². The molecule has 1 atom stereocenters. The molecule has 0 saturated carbocycles. The molecule has 0 radical (unpaired) electrons. The lowest BCUT2D eigenvalue weighted by atomic mass is 9.73. The van der Waals surface area contributed by atoms with Crippen LogP contribution in [0.5, 0.6) is 0 Å². The maximum atomic E-state index is 13.3. The number of rotatable bonds is 4. The van der Waals surface area contributed by atoms with Crippen molar-refractivity contribution < 1.29 is 9.72 Å². The van der Waals surface area contributed by atoms with E-state index in [1.807, 2.05) is 12.1 Å². The number of benzene rings is 2. The van der Waals surface area contributed by atoms with Gasteiger partial charge in [0.15, 0.2) is 11.6 Å². The molecule has 2 aliphatic rings. The molecule has 1 N–H and O–H groups in total. The molecule has 1 unspecified atom stereocenters. The van der Waals surface area contributed by atoms with Gasteiger partial charge < -0.3 is 5.32 Å². The van der Waals surface area contributed by atoms with Crippen molar-refractivity contribution in [2.75, 3.05) is 5.32 Å². The van der Waals surface area contributed by atoms with Gasteiger partial charge in [-0.15, -0.1) is 5.10 Å². The highest BCUT2D eigenvalue weighted by Gasteiger charge is 2.41. The monoisotopic (exact) mass is 443 g/mol. The number of aryl methyl sites for hydroxylation is 1. The van der Waals surface area contributed by atoms with Gasteiger partial charge in [-0.05, 0) is 29.4 Å². The molecule has 1 aliphatic carbocycles. The van der Waals surface area contributed by atoms with Crippen LogP contribution in [-0.2, 0) is 11.2 Å². The summed E-state index contributed by atoms with van der Waals surface area (Å²) in [4.78, 5) is 28.8. The minimum atomic E-state index is -0.434. The lowest BCUT2D eigenvalue weighted by Gasteiger charge is -2.38. The van der Waals surface area contributed by atoms with Gasteiger partial charge >= 0.3 is 0 Å². The molecule has 0 amide bonds. The first kappa shape index (κ1) is 21.1. The first-order valence-electron chi connectivity index (χ1n) is 11.1. The summed E-state index contributed by atoms with van der Waals surface area (Å²) in [5.41, 5.74) is 4.17. The van der Waals surface area contributed by atoms with Crippen molar-refractivity contribution >= 4 is 17.4 Å².